The van der Waals surface area contributed by atoms with Gasteiger partial charge in [-0.2, -0.15) is 0 Å². The molecule has 0 aromatic carbocycles. The van der Waals surface area contributed by atoms with Crippen LogP contribution < -0.4 is 0 Å². The molecule has 5 saturated carbocycles. The summed E-state index contributed by atoms with van der Waals surface area (Å²) in [7, 11) is 3.22. The zero-order valence-electron chi connectivity index (χ0n) is 29.6. The third kappa shape index (κ3) is 11.2. The Kier molecular flexibility index (Phi) is 15.0. The molecule has 5 rings (SSSR count). The van der Waals surface area contributed by atoms with E-state index >= 15 is 0 Å². The highest BCUT2D eigenvalue weighted by Crippen LogP contribution is 2.31. The van der Waals surface area contributed by atoms with Crippen molar-refractivity contribution in [2.45, 2.75) is 189 Å². The smallest absolute Gasteiger partial charge is 0.428 e. The summed E-state index contributed by atoms with van der Waals surface area (Å²) < 4.78 is 56.1. The van der Waals surface area contributed by atoms with Gasteiger partial charge < -0.3 is 47.4 Å². The number of methoxy groups -OCH3 is 2. The van der Waals surface area contributed by atoms with Gasteiger partial charge in [-0.1, -0.05) is 12.8 Å². The van der Waals surface area contributed by atoms with Crippen molar-refractivity contribution in [1.82, 2.24) is 0 Å². The lowest BCUT2D eigenvalue weighted by molar-refractivity contribution is -0.120. The molecule has 14 heteroatoms. The highest BCUT2D eigenvalue weighted by Gasteiger charge is 2.39. The van der Waals surface area contributed by atoms with Crippen LogP contribution in [0.3, 0.4) is 0 Å². The Bertz CT molecular complexity index is 1020. The molecule has 0 aromatic heterocycles. The van der Waals surface area contributed by atoms with E-state index in [-0.39, 0.29) is 24.4 Å². The predicted octanol–water partition coefficient (Wildman–Crippen LogP) is 7.45. The molecular weight excluding hydrogens is 656 g/mol. The number of carbonyl (C=O) groups excluding carboxylic acids is 4. The Morgan fingerprint density at radius 3 is 0.580 bits per heavy atom. The van der Waals surface area contributed by atoms with Gasteiger partial charge in [0.05, 0.1) is 12.2 Å². The molecule has 0 heterocycles. The van der Waals surface area contributed by atoms with E-state index in [1.165, 1.54) is 0 Å². The molecule has 14 nitrogen and oxygen atoms in total. The molecule has 0 aromatic rings. The first-order valence-corrected chi connectivity index (χ1v) is 18.9. The summed E-state index contributed by atoms with van der Waals surface area (Å²) >= 11 is 0. The van der Waals surface area contributed by atoms with Crippen molar-refractivity contribution >= 4 is 24.6 Å². The van der Waals surface area contributed by atoms with Gasteiger partial charge in [-0.3, -0.25) is 0 Å². The molecular formula is C36H56O14. The molecule has 284 valence electrons. The number of hydrogen-bond acceptors (Lipinski definition) is 14. The number of carbonyl (C=O) groups is 4. The van der Waals surface area contributed by atoms with Crippen LogP contribution in [0.2, 0.25) is 0 Å². The van der Waals surface area contributed by atoms with Gasteiger partial charge in [0, 0.05) is 14.2 Å². The minimum atomic E-state index is -0.910. The van der Waals surface area contributed by atoms with Crippen molar-refractivity contribution in [3.63, 3.8) is 0 Å². The second-order valence-corrected chi connectivity index (χ2v) is 14.2. The van der Waals surface area contributed by atoms with Gasteiger partial charge in [0.15, 0.2) is 0 Å². The molecule has 5 fully saturated rings. The van der Waals surface area contributed by atoms with Gasteiger partial charge in [-0.25, -0.2) is 19.2 Å². The van der Waals surface area contributed by atoms with Crippen LogP contribution in [0.25, 0.3) is 0 Å². The van der Waals surface area contributed by atoms with E-state index in [1.807, 2.05) is 0 Å². The summed E-state index contributed by atoms with van der Waals surface area (Å²) in [4.78, 5) is 51.4. The maximum atomic E-state index is 13.0. The van der Waals surface area contributed by atoms with Crippen molar-refractivity contribution in [1.29, 1.82) is 0 Å². The van der Waals surface area contributed by atoms with E-state index in [0.29, 0.717) is 51.4 Å². The predicted molar refractivity (Wildman–Crippen MR) is 175 cm³/mol. The number of ether oxygens (including phenoxy) is 10. The SMILES string of the molecule is CO[C@H]1CCCCC1OC(=O)O[C@@H]1CCCCC1OC(=O)O[C@H]1CCCCC1OC(=O)O[C@@H]1CCCCC1OC(=O)O[C@H]1CCCC[C@@H]1OC. The Hall–Kier alpha value is -3.00. The van der Waals surface area contributed by atoms with E-state index < -0.39 is 61.2 Å². The summed E-state index contributed by atoms with van der Waals surface area (Å²) in [5.41, 5.74) is 0. The van der Waals surface area contributed by atoms with Gasteiger partial charge in [-0.05, 0) is 116 Å². The number of rotatable bonds is 10. The molecule has 0 N–H and O–H groups in total. The Labute approximate surface area is 294 Å². The second kappa shape index (κ2) is 19.6. The van der Waals surface area contributed by atoms with Gasteiger partial charge in [0.25, 0.3) is 0 Å². The topological polar surface area (TPSA) is 161 Å². The third-order valence-corrected chi connectivity index (χ3v) is 10.8. The van der Waals surface area contributed by atoms with Crippen LogP contribution in [0.5, 0.6) is 0 Å². The molecule has 0 spiro atoms. The van der Waals surface area contributed by atoms with Gasteiger partial charge >= 0.3 is 24.6 Å². The maximum absolute atomic E-state index is 13.0. The van der Waals surface area contributed by atoms with Crippen molar-refractivity contribution < 1.29 is 66.5 Å². The van der Waals surface area contributed by atoms with Gasteiger partial charge in [-0.15, -0.1) is 0 Å². The molecule has 5 aliphatic rings. The molecule has 0 radical (unpaired) electrons. The zero-order valence-corrected chi connectivity index (χ0v) is 29.6. The van der Waals surface area contributed by atoms with Crippen LogP contribution in [-0.4, -0.2) is 99.9 Å². The monoisotopic (exact) mass is 712 g/mol. The highest BCUT2D eigenvalue weighted by molar-refractivity contribution is 5.63. The molecule has 50 heavy (non-hydrogen) atoms. The van der Waals surface area contributed by atoms with E-state index in [4.69, 9.17) is 47.4 Å². The minimum Gasteiger partial charge on any atom is -0.428 e. The standard InChI is InChI=1S/C36H56O14/c1-41-23-13-3-5-15-25(23)43-33(37)45-27-17-7-9-19-29(27)47-35(39)49-31-21-11-12-22-32(31)50-36(40)48-30-20-10-8-18-28(30)46-34(38)44-26-16-6-4-14-24(26)42-2/h23-32H,3-22H2,1-2H3/t23-,24-,25-,26?,27?,28+,29+,30?,31?,32-/m0/s1. The van der Waals surface area contributed by atoms with E-state index in [0.717, 1.165) is 77.0 Å². The summed E-state index contributed by atoms with van der Waals surface area (Å²) in [6.07, 6.45) is 6.26. The Balaban J connectivity index is 1.08. The number of hydrogen-bond donors (Lipinski definition) is 0. The first-order chi connectivity index (χ1) is 24.3. The molecule has 4 unspecified atom stereocenters. The summed E-state index contributed by atoms with van der Waals surface area (Å²) in [6, 6.07) is 0. The summed E-state index contributed by atoms with van der Waals surface area (Å²) in [5, 5.41) is 0. The van der Waals surface area contributed by atoms with Crippen LogP contribution in [0.1, 0.15) is 128 Å². The van der Waals surface area contributed by atoms with E-state index in [9.17, 15) is 19.2 Å². The van der Waals surface area contributed by atoms with Crippen molar-refractivity contribution in [2.75, 3.05) is 14.2 Å². The molecule has 0 bridgehead atoms. The molecule has 5 aliphatic carbocycles. The average Bonchev–Trinajstić information content (AvgIpc) is 3.11. The van der Waals surface area contributed by atoms with Gasteiger partial charge in [0.1, 0.15) is 48.8 Å². The Morgan fingerprint density at radius 2 is 0.420 bits per heavy atom. The minimum absolute atomic E-state index is 0.162. The molecule has 0 amide bonds. The average molecular weight is 713 g/mol. The lowest BCUT2D eigenvalue weighted by Crippen LogP contribution is -2.43. The van der Waals surface area contributed by atoms with E-state index in [2.05, 4.69) is 0 Å². The normalized spacial score (nSPS) is 34.7. The Morgan fingerprint density at radius 1 is 0.280 bits per heavy atom. The first-order valence-electron chi connectivity index (χ1n) is 18.9. The van der Waals surface area contributed by atoms with Crippen LogP contribution in [0.4, 0.5) is 19.2 Å². The maximum Gasteiger partial charge on any atom is 0.509 e. The third-order valence-electron chi connectivity index (χ3n) is 10.8. The first kappa shape index (κ1) is 38.2. The quantitative estimate of drug-likeness (QED) is 0.162. The summed E-state index contributed by atoms with van der Waals surface area (Å²) in [5.74, 6) is 0. The fraction of sp³-hybridized carbons (Fsp3) is 0.889. The largest absolute Gasteiger partial charge is 0.509 e. The second-order valence-electron chi connectivity index (χ2n) is 14.2. The van der Waals surface area contributed by atoms with Crippen molar-refractivity contribution in [2.24, 2.45) is 0 Å². The molecule has 0 saturated heterocycles. The highest BCUT2D eigenvalue weighted by atomic mass is 16.8. The molecule has 10 atom stereocenters. The van der Waals surface area contributed by atoms with Crippen LogP contribution in [0.15, 0.2) is 0 Å². The fourth-order valence-corrected chi connectivity index (χ4v) is 8.03. The van der Waals surface area contributed by atoms with E-state index in [1.54, 1.807) is 14.2 Å². The lowest BCUT2D eigenvalue weighted by Gasteiger charge is -2.34. The fourth-order valence-electron chi connectivity index (χ4n) is 8.03. The van der Waals surface area contributed by atoms with Crippen LogP contribution in [0, 0.1) is 0 Å². The zero-order chi connectivity index (χ0) is 35.3. The molecule has 0 aliphatic heterocycles. The van der Waals surface area contributed by atoms with Gasteiger partial charge in [0.2, 0.25) is 0 Å². The van der Waals surface area contributed by atoms with Crippen LogP contribution in [-0.2, 0) is 47.4 Å². The lowest BCUT2D eigenvalue weighted by atomic mass is 9.94. The van der Waals surface area contributed by atoms with Crippen molar-refractivity contribution in [3.05, 3.63) is 0 Å². The van der Waals surface area contributed by atoms with Crippen molar-refractivity contribution in [3.8, 4) is 0 Å². The van der Waals surface area contributed by atoms with Crippen LogP contribution >= 0.6 is 0 Å². The summed E-state index contributed by atoms with van der Waals surface area (Å²) in [6.45, 7) is 0.